The van der Waals surface area contributed by atoms with Crippen molar-refractivity contribution in [2.24, 2.45) is 0 Å². The van der Waals surface area contributed by atoms with E-state index in [4.69, 9.17) is 0 Å². The molecule has 106 heavy (non-hydrogen) atoms. The lowest BCUT2D eigenvalue weighted by Gasteiger charge is -2.15. The molecule has 19 aromatic carbocycles. The maximum atomic E-state index is 2.30. The third kappa shape index (κ3) is 15.1. The van der Waals surface area contributed by atoms with Crippen LogP contribution in [0.2, 0.25) is 0 Å². The summed E-state index contributed by atoms with van der Waals surface area (Å²) in [7, 11) is 0. The van der Waals surface area contributed by atoms with Crippen LogP contribution in [0.15, 0.2) is 279 Å². The lowest BCUT2D eigenvalue weighted by atomic mass is 9.90. The van der Waals surface area contributed by atoms with E-state index in [0.717, 1.165) is 0 Å². The molecule has 0 radical (unpaired) electrons. The van der Waals surface area contributed by atoms with Crippen LogP contribution in [-0.2, 0) is 0 Å². The van der Waals surface area contributed by atoms with Gasteiger partial charge < -0.3 is 0 Å². The molecule has 0 aliphatic rings. The molecule has 524 valence electrons. The van der Waals surface area contributed by atoms with Crippen molar-refractivity contribution in [1.82, 2.24) is 0 Å². The minimum Gasteiger partial charge on any atom is -0.0616 e. The number of aryl methyl sites for hydroxylation is 12. The highest BCUT2D eigenvalue weighted by Gasteiger charge is 2.13. The fraction of sp³-hybridized carbons (Fsp3) is 0.170. The van der Waals surface area contributed by atoms with Gasteiger partial charge in [0.25, 0.3) is 0 Å². The molecule has 0 atom stereocenters. The van der Waals surface area contributed by atoms with Gasteiger partial charge in [0, 0.05) is 0 Å². The normalized spacial score (nSPS) is 11.1. The summed E-state index contributed by atoms with van der Waals surface area (Å²) in [6.45, 7) is 39.3. The lowest BCUT2D eigenvalue weighted by molar-refractivity contribution is 1.13. The van der Waals surface area contributed by atoms with Gasteiger partial charge in [-0.05, 0) is 362 Å². The second-order valence-electron chi connectivity index (χ2n) is 30.1. The highest BCUT2D eigenvalue weighted by atomic mass is 14.2. The fourth-order valence-corrected chi connectivity index (χ4v) is 15.9. The summed E-state index contributed by atoms with van der Waals surface area (Å²) in [5, 5.41) is 32.6. The van der Waals surface area contributed by atoms with E-state index < -0.39 is 0 Å². The van der Waals surface area contributed by atoms with Crippen LogP contribution in [0.1, 0.15) is 100 Å². The van der Waals surface area contributed by atoms with Crippen LogP contribution in [0.5, 0.6) is 0 Å². The van der Waals surface area contributed by atoms with Crippen molar-refractivity contribution in [3.05, 3.63) is 379 Å². The van der Waals surface area contributed by atoms with Crippen LogP contribution in [0.4, 0.5) is 0 Å². The molecule has 0 N–H and O–H groups in total. The summed E-state index contributed by atoms with van der Waals surface area (Å²) in [5.74, 6) is 0. The largest absolute Gasteiger partial charge is 0.0616 e. The Balaban J connectivity index is 0.000000110. The Hall–Kier alpha value is -11.4. The first kappa shape index (κ1) is 72.9. The average molecular weight is 1370 g/mol. The Morgan fingerprint density at radius 3 is 0.953 bits per heavy atom. The SMILES string of the molecule is Cc1c(C)c(C)c(C)c(C)c1C.Cc1cc(C)c2ccccc2c1.Cc1ccc(C)c2cc3ccccc3cc12.Cc1ccc2cc(C)c3ccccc3c2c1.Cc1ccc2cc3cc(C)ccc3cc2c1.Cc1ccc2ccc3c(C)ccc4ccc1c2c43.Cc1cccc2c(C)c3ccccc3cc12. The summed E-state index contributed by atoms with van der Waals surface area (Å²) in [5.41, 5.74) is 24.9. The van der Waals surface area contributed by atoms with Crippen molar-refractivity contribution >= 4 is 129 Å². The Morgan fingerprint density at radius 2 is 0.443 bits per heavy atom. The van der Waals surface area contributed by atoms with E-state index >= 15 is 0 Å². The molecule has 0 saturated heterocycles. The first-order valence-corrected chi connectivity index (χ1v) is 37.7. The molecule has 0 bridgehead atoms. The van der Waals surface area contributed by atoms with Gasteiger partial charge in [-0.3, -0.25) is 0 Å². The Kier molecular flexibility index (Phi) is 21.4. The Labute approximate surface area is 629 Å². The van der Waals surface area contributed by atoms with Crippen LogP contribution >= 0.6 is 0 Å². The molecule has 0 aliphatic carbocycles. The molecule has 0 nitrogen and oxygen atoms in total. The van der Waals surface area contributed by atoms with E-state index in [0.29, 0.717) is 0 Å². The van der Waals surface area contributed by atoms with E-state index in [2.05, 4.69) is 404 Å². The molecule has 19 rings (SSSR count). The topological polar surface area (TPSA) is 0 Å². The van der Waals surface area contributed by atoms with Crippen molar-refractivity contribution in [3.8, 4) is 0 Å². The molecule has 0 heteroatoms. The summed E-state index contributed by atoms with van der Waals surface area (Å²) >= 11 is 0. The van der Waals surface area contributed by atoms with E-state index in [1.807, 2.05) is 0 Å². The molecule has 0 amide bonds. The zero-order valence-corrected chi connectivity index (χ0v) is 65.6. The standard InChI is InChI=1S/C18H14.4C16H14.C12H12.C12H18/c1-11-3-5-13-8-10-16-12(2)4-6-14-7-9-15(11)17(13)18(14)16;1-11-3-5-13-10-16-8-12(2)4-6-14(16)9-15(13)7-11;1-11-6-5-9-15-12(2)14-8-4-3-7-13(14)10-16(11)15;1-11-7-8-12(2)16-10-14-6-4-3-5-13(14)9-15(11)16;1-11-7-8-13-10-12(2)14-5-3-4-6-15(14)16(13)9-11;1-9-7-10(2)12-6-4-3-5-11(12)8-9;1-7-8(2)10(4)12(6)11(5)9(7)3/h3-10H,1-2H3;4*3-10H,1-2H3;3-8H,1-2H3;1-6H3. The first-order chi connectivity index (χ1) is 51.0. The summed E-state index contributed by atoms with van der Waals surface area (Å²) in [6, 6.07) is 101. The molecular weight excluding hydrogens is 1270 g/mol. The van der Waals surface area contributed by atoms with Crippen LogP contribution in [0, 0.1) is 125 Å². The summed E-state index contributed by atoms with van der Waals surface area (Å²) < 4.78 is 0. The second kappa shape index (κ2) is 31.1. The number of hydrogen-bond donors (Lipinski definition) is 0. The number of benzene rings is 19. The lowest BCUT2D eigenvalue weighted by Crippen LogP contribution is -1.98. The van der Waals surface area contributed by atoms with Crippen molar-refractivity contribution in [3.63, 3.8) is 0 Å². The van der Waals surface area contributed by atoms with Gasteiger partial charge >= 0.3 is 0 Å². The van der Waals surface area contributed by atoms with Gasteiger partial charge in [-0.15, -0.1) is 0 Å². The van der Waals surface area contributed by atoms with E-state index in [-0.39, 0.29) is 0 Å². The maximum absolute atomic E-state index is 2.30. The summed E-state index contributed by atoms with van der Waals surface area (Å²) in [6.07, 6.45) is 0. The molecule has 0 saturated carbocycles. The number of fused-ring (bicyclic) bond motifs is 10. The number of rotatable bonds is 0. The molecule has 0 aromatic heterocycles. The van der Waals surface area contributed by atoms with Crippen molar-refractivity contribution < 1.29 is 0 Å². The Bertz CT molecular complexity index is 6190. The van der Waals surface area contributed by atoms with Gasteiger partial charge in [-0.25, -0.2) is 0 Å². The van der Waals surface area contributed by atoms with Gasteiger partial charge in [0.05, 0.1) is 0 Å². The van der Waals surface area contributed by atoms with Crippen molar-refractivity contribution in [1.29, 1.82) is 0 Å². The zero-order chi connectivity index (χ0) is 74.8. The van der Waals surface area contributed by atoms with Crippen molar-refractivity contribution in [2.45, 2.75) is 125 Å². The minimum absolute atomic E-state index is 1.32. The van der Waals surface area contributed by atoms with Crippen LogP contribution in [0.25, 0.3) is 129 Å². The van der Waals surface area contributed by atoms with Crippen molar-refractivity contribution in [2.75, 3.05) is 0 Å². The van der Waals surface area contributed by atoms with E-state index in [1.54, 1.807) is 0 Å². The van der Waals surface area contributed by atoms with Crippen LogP contribution in [0.3, 0.4) is 0 Å². The van der Waals surface area contributed by atoms with Crippen LogP contribution in [-0.4, -0.2) is 0 Å². The minimum atomic E-state index is 1.32. The van der Waals surface area contributed by atoms with Gasteiger partial charge in [0.15, 0.2) is 0 Å². The molecule has 0 aliphatic heterocycles. The molecule has 19 aromatic rings. The zero-order valence-electron chi connectivity index (χ0n) is 65.6. The number of hydrogen-bond acceptors (Lipinski definition) is 0. The quantitative estimate of drug-likeness (QED) is 0.105. The Morgan fingerprint density at radius 1 is 0.123 bits per heavy atom. The van der Waals surface area contributed by atoms with E-state index in [1.165, 1.54) is 229 Å². The predicted molar refractivity (Wildman–Crippen MR) is 472 cm³/mol. The van der Waals surface area contributed by atoms with E-state index in [9.17, 15) is 0 Å². The molecular formula is C106H100. The molecule has 0 unspecified atom stereocenters. The van der Waals surface area contributed by atoms with Crippen LogP contribution < -0.4 is 0 Å². The molecule has 0 spiro atoms. The monoisotopic (exact) mass is 1370 g/mol. The third-order valence-electron chi connectivity index (χ3n) is 22.7. The molecule has 0 fully saturated rings. The second-order valence-corrected chi connectivity index (χ2v) is 30.1. The summed E-state index contributed by atoms with van der Waals surface area (Å²) in [4.78, 5) is 0. The van der Waals surface area contributed by atoms with Gasteiger partial charge in [-0.2, -0.15) is 0 Å². The predicted octanol–water partition coefficient (Wildman–Crippen LogP) is 30.6. The highest BCUT2D eigenvalue weighted by Crippen LogP contribution is 2.38. The smallest absolute Gasteiger partial charge is 0.00240 e. The molecule has 0 heterocycles. The first-order valence-electron chi connectivity index (χ1n) is 37.7. The highest BCUT2D eigenvalue weighted by molar-refractivity contribution is 6.24. The van der Waals surface area contributed by atoms with Gasteiger partial charge in [0.2, 0.25) is 0 Å². The fourth-order valence-electron chi connectivity index (χ4n) is 15.9. The third-order valence-corrected chi connectivity index (χ3v) is 22.7. The maximum Gasteiger partial charge on any atom is -0.00240 e. The average Bonchev–Trinajstić information content (AvgIpc) is 0.733. The van der Waals surface area contributed by atoms with Gasteiger partial charge in [0.1, 0.15) is 0 Å². The van der Waals surface area contributed by atoms with Gasteiger partial charge in [-0.1, -0.05) is 271 Å².